The molecule has 1 atom stereocenters. The number of hydrogen-bond donors (Lipinski definition) is 1. The monoisotopic (exact) mass is 482 g/mol. The molecule has 0 aromatic heterocycles. The number of benzene rings is 3. The minimum absolute atomic E-state index is 0.122. The Morgan fingerprint density at radius 2 is 1.62 bits per heavy atom. The van der Waals surface area contributed by atoms with Crippen LogP contribution in [-0.2, 0) is 14.8 Å². The van der Waals surface area contributed by atoms with Crippen LogP contribution in [-0.4, -0.2) is 35.1 Å². The minimum Gasteiger partial charge on any atom is -0.493 e. The topological polar surface area (TPSA) is 84.9 Å². The number of nitrogens with one attached hydrogen (secondary N) is 1. The molecular formula is C26H30N2O5S. The molecule has 0 aliphatic rings. The van der Waals surface area contributed by atoms with Gasteiger partial charge in [-0.2, -0.15) is 0 Å². The van der Waals surface area contributed by atoms with Crippen molar-refractivity contribution in [2.45, 2.75) is 31.7 Å². The zero-order valence-electron chi connectivity index (χ0n) is 20.0. The summed E-state index contributed by atoms with van der Waals surface area (Å²) in [5.41, 5.74) is 2.92. The van der Waals surface area contributed by atoms with Gasteiger partial charge in [0.1, 0.15) is 6.54 Å². The van der Waals surface area contributed by atoms with Gasteiger partial charge in [-0.15, -0.1) is 0 Å². The Labute approximate surface area is 201 Å². The third-order valence-corrected chi connectivity index (χ3v) is 7.31. The highest BCUT2D eigenvalue weighted by Crippen LogP contribution is 2.30. The first kappa shape index (κ1) is 25.1. The van der Waals surface area contributed by atoms with E-state index in [1.807, 2.05) is 39.0 Å². The van der Waals surface area contributed by atoms with Crippen molar-refractivity contribution in [2.24, 2.45) is 0 Å². The number of methoxy groups -OCH3 is 2. The maximum Gasteiger partial charge on any atom is 0.264 e. The molecule has 0 bridgehead atoms. The van der Waals surface area contributed by atoms with Crippen LogP contribution in [0.5, 0.6) is 11.5 Å². The molecule has 3 aromatic rings. The molecule has 0 spiro atoms. The van der Waals surface area contributed by atoms with Crippen LogP contribution in [0.25, 0.3) is 0 Å². The molecule has 0 unspecified atom stereocenters. The highest BCUT2D eigenvalue weighted by atomic mass is 32.2. The molecule has 1 N–H and O–H groups in total. The number of aryl methyl sites for hydroxylation is 2. The fraction of sp³-hybridized carbons (Fsp3) is 0.269. The van der Waals surface area contributed by atoms with Gasteiger partial charge in [0.2, 0.25) is 5.91 Å². The van der Waals surface area contributed by atoms with Gasteiger partial charge in [0, 0.05) is 0 Å². The third kappa shape index (κ3) is 5.51. The number of rotatable bonds is 9. The molecule has 0 fully saturated rings. The van der Waals surface area contributed by atoms with Crippen LogP contribution >= 0.6 is 0 Å². The van der Waals surface area contributed by atoms with E-state index in [4.69, 9.17) is 9.47 Å². The lowest BCUT2D eigenvalue weighted by Gasteiger charge is -2.27. The average Bonchev–Trinajstić information content (AvgIpc) is 2.84. The molecule has 0 saturated carbocycles. The van der Waals surface area contributed by atoms with Crippen molar-refractivity contribution in [3.05, 3.63) is 83.4 Å². The highest BCUT2D eigenvalue weighted by molar-refractivity contribution is 7.92. The van der Waals surface area contributed by atoms with Crippen LogP contribution < -0.4 is 19.1 Å². The maximum absolute atomic E-state index is 13.6. The van der Waals surface area contributed by atoms with E-state index in [1.54, 1.807) is 50.6 Å². The summed E-state index contributed by atoms with van der Waals surface area (Å²) in [5, 5.41) is 2.90. The molecule has 0 aliphatic carbocycles. The van der Waals surface area contributed by atoms with Crippen molar-refractivity contribution in [1.82, 2.24) is 5.32 Å². The molecule has 0 heterocycles. The summed E-state index contributed by atoms with van der Waals surface area (Å²) in [6.45, 7) is 5.17. The van der Waals surface area contributed by atoms with Gasteiger partial charge in [0.15, 0.2) is 11.5 Å². The summed E-state index contributed by atoms with van der Waals surface area (Å²) in [5.74, 6) is 0.701. The molecule has 3 aromatic carbocycles. The van der Waals surface area contributed by atoms with Crippen LogP contribution in [0.15, 0.2) is 71.6 Å². The van der Waals surface area contributed by atoms with Crippen molar-refractivity contribution >= 4 is 21.6 Å². The van der Waals surface area contributed by atoms with Gasteiger partial charge in [-0.05, 0) is 67.8 Å². The number of hydrogen-bond acceptors (Lipinski definition) is 5. The van der Waals surface area contributed by atoms with E-state index in [2.05, 4.69) is 5.32 Å². The summed E-state index contributed by atoms with van der Waals surface area (Å²) in [6, 6.07) is 18.7. The van der Waals surface area contributed by atoms with Gasteiger partial charge >= 0.3 is 0 Å². The fourth-order valence-corrected chi connectivity index (χ4v) is 5.13. The zero-order chi connectivity index (χ0) is 24.9. The first-order valence-corrected chi connectivity index (χ1v) is 12.3. The van der Waals surface area contributed by atoms with E-state index in [-0.39, 0.29) is 17.5 Å². The number of anilines is 1. The summed E-state index contributed by atoms with van der Waals surface area (Å²) >= 11 is 0. The predicted octanol–water partition coefficient (Wildman–Crippen LogP) is 4.39. The first-order chi connectivity index (χ1) is 16.2. The lowest BCUT2D eigenvalue weighted by atomic mass is 10.1. The van der Waals surface area contributed by atoms with Gasteiger partial charge in [-0.3, -0.25) is 9.10 Å². The van der Waals surface area contributed by atoms with E-state index >= 15 is 0 Å². The Morgan fingerprint density at radius 1 is 0.941 bits per heavy atom. The third-order valence-electron chi connectivity index (χ3n) is 5.54. The van der Waals surface area contributed by atoms with Crippen LogP contribution in [0, 0.1) is 13.8 Å². The van der Waals surface area contributed by atoms with Crippen LogP contribution in [0.2, 0.25) is 0 Å². The van der Waals surface area contributed by atoms with Crippen LogP contribution in [0.4, 0.5) is 5.69 Å². The van der Waals surface area contributed by atoms with Crippen molar-refractivity contribution in [3.8, 4) is 11.5 Å². The normalized spacial score (nSPS) is 12.0. The Morgan fingerprint density at radius 3 is 2.26 bits per heavy atom. The molecule has 34 heavy (non-hydrogen) atoms. The lowest BCUT2D eigenvalue weighted by Crippen LogP contribution is -2.42. The van der Waals surface area contributed by atoms with E-state index in [9.17, 15) is 13.2 Å². The summed E-state index contributed by atoms with van der Waals surface area (Å²) in [7, 11) is -0.876. The second-order valence-corrected chi connectivity index (χ2v) is 9.88. The maximum atomic E-state index is 13.6. The number of carbonyl (C=O) groups excluding carboxylic acids is 1. The zero-order valence-corrected chi connectivity index (χ0v) is 20.8. The smallest absolute Gasteiger partial charge is 0.264 e. The Hall–Kier alpha value is -3.52. The lowest BCUT2D eigenvalue weighted by molar-refractivity contribution is -0.120. The second kappa shape index (κ2) is 10.6. The van der Waals surface area contributed by atoms with E-state index in [0.717, 1.165) is 16.7 Å². The van der Waals surface area contributed by atoms with Crippen molar-refractivity contribution < 1.29 is 22.7 Å². The van der Waals surface area contributed by atoms with Crippen LogP contribution in [0.3, 0.4) is 0 Å². The first-order valence-electron chi connectivity index (χ1n) is 10.8. The molecule has 0 radical (unpaired) electrons. The van der Waals surface area contributed by atoms with E-state index in [0.29, 0.717) is 17.2 Å². The average molecular weight is 483 g/mol. The Bertz CT molecular complexity index is 1260. The number of amides is 1. The predicted molar refractivity (Wildman–Crippen MR) is 133 cm³/mol. The second-order valence-electron chi connectivity index (χ2n) is 8.02. The van der Waals surface area contributed by atoms with E-state index < -0.39 is 15.9 Å². The summed E-state index contributed by atoms with van der Waals surface area (Å²) < 4.78 is 38.9. The Balaban J connectivity index is 1.91. The SMILES string of the molecule is COc1ccc([C@H](C)NC(=O)CN(c2cc(C)ccc2C)S(=O)(=O)c2ccccc2)cc1OC. The number of ether oxygens (including phenoxy) is 2. The van der Waals surface area contributed by atoms with Crippen molar-refractivity contribution in [1.29, 1.82) is 0 Å². The summed E-state index contributed by atoms with van der Waals surface area (Å²) in [4.78, 5) is 13.2. The molecule has 7 nitrogen and oxygen atoms in total. The number of carbonyl (C=O) groups is 1. The molecule has 8 heteroatoms. The number of nitrogens with zero attached hydrogens (tertiary/aromatic N) is 1. The minimum atomic E-state index is -3.97. The van der Waals surface area contributed by atoms with Gasteiger partial charge in [0.05, 0.1) is 30.8 Å². The van der Waals surface area contributed by atoms with Gasteiger partial charge in [0.25, 0.3) is 10.0 Å². The molecule has 0 saturated heterocycles. The largest absolute Gasteiger partial charge is 0.493 e. The molecule has 1 amide bonds. The molecule has 0 aliphatic heterocycles. The van der Waals surface area contributed by atoms with E-state index in [1.165, 1.54) is 16.4 Å². The highest BCUT2D eigenvalue weighted by Gasteiger charge is 2.28. The molecular weight excluding hydrogens is 452 g/mol. The Kier molecular flexibility index (Phi) is 7.83. The number of sulfonamides is 1. The van der Waals surface area contributed by atoms with Gasteiger partial charge < -0.3 is 14.8 Å². The van der Waals surface area contributed by atoms with Gasteiger partial charge in [-0.1, -0.05) is 36.4 Å². The standard InChI is InChI=1S/C26H30N2O5S/c1-18-11-12-19(2)23(15-18)28(34(30,31)22-9-7-6-8-10-22)17-26(29)27-20(3)21-13-14-24(32-4)25(16-21)33-5/h6-16,20H,17H2,1-5H3,(H,27,29)/t20-/m0/s1. The van der Waals surface area contributed by atoms with Crippen molar-refractivity contribution in [2.75, 3.05) is 25.1 Å². The fourth-order valence-electron chi connectivity index (χ4n) is 3.63. The summed E-state index contributed by atoms with van der Waals surface area (Å²) in [6.07, 6.45) is 0. The van der Waals surface area contributed by atoms with Crippen LogP contribution in [0.1, 0.15) is 29.7 Å². The van der Waals surface area contributed by atoms with Gasteiger partial charge in [-0.25, -0.2) is 8.42 Å². The molecule has 180 valence electrons. The van der Waals surface area contributed by atoms with Crippen molar-refractivity contribution in [3.63, 3.8) is 0 Å². The molecule has 3 rings (SSSR count). The quantitative estimate of drug-likeness (QED) is 0.489.